The summed E-state index contributed by atoms with van der Waals surface area (Å²) in [6, 6.07) is 0. The number of nitrogens with one attached hydrogen (secondary N) is 1. The van der Waals surface area contributed by atoms with E-state index in [1.54, 1.807) is 7.05 Å². The molecule has 0 aromatic carbocycles. The van der Waals surface area contributed by atoms with Gasteiger partial charge < -0.3 is 19.7 Å². The van der Waals surface area contributed by atoms with Gasteiger partial charge in [-0.05, 0) is 19.9 Å². The fourth-order valence-electron chi connectivity index (χ4n) is 6.02. The van der Waals surface area contributed by atoms with Crippen LogP contribution in [0.4, 0.5) is 0 Å². The molecule has 2 N–H and O–H groups in total. The molecule has 0 rings (SSSR count). The lowest BCUT2D eigenvalue weighted by molar-refractivity contribution is -0.161. The van der Waals surface area contributed by atoms with Crippen LogP contribution in [0.3, 0.4) is 0 Å². The third-order valence-corrected chi connectivity index (χ3v) is 10.2. The van der Waals surface area contributed by atoms with Crippen LogP contribution in [0.2, 0.25) is 0 Å². The van der Waals surface area contributed by atoms with Gasteiger partial charge in [-0.2, -0.15) is 0 Å². The second-order valence-electron chi connectivity index (χ2n) is 14.2. The van der Waals surface area contributed by atoms with E-state index in [0.29, 0.717) is 13.0 Å². The Bertz CT molecular complexity index is 799. The molecule has 9 nitrogen and oxygen atoms in total. The van der Waals surface area contributed by atoms with E-state index in [2.05, 4.69) is 19.2 Å². The molecular weight excluding hydrogens is 653 g/mol. The highest BCUT2D eigenvalue weighted by Crippen LogP contribution is 2.43. The van der Waals surface area contributed by atoms with Crippen molar-refractivity contribution in [1.29, 1.82) is 0 Å². The summed E-state index contributed by atoms with van der Waals surface area (Å²) in [6.07, 6.45) is 34.2. The SMILES string of the molecule is CCCCCCCCCCCCCCCCCC(=O)OC(COC(=O)CCCCCCCCCCCCCCC)COP(=O)(O)OCCNC. The summed E-state index contributed by atoms with van der Waals surface area (Å²) in [5, 5.41) is 2.82. The summed E-state index contributed by atoms with van der Waals surface area (Å²) < 4.78 is 33.1. The molecule has 0 aromatic heterocycles. The topological polar surface area (TPSA) is 120 Å². The van der Waals surface area contributed by atoms with Crippen molar-refractivity contribution in [1.82, 2.24) is 5.32 Å². The number of rotatable bonds is 40. The number of hydrogen-bond acceptors (Lipinski definition) is 8. The largest absolute Gasteiger partial charge is 0.472 e. The van der Waals surface area contributed by atoms with Gasteiger partial charge in [-0.1, -0.05) is 181 Å². The summed E-state index contributed by atoms with van der Waals surface area (Å²) in [5.74, 6) is -0.793. The number of carbonyl (C=O) groups excluding carboxylic acids is 2. The highest BCUT2D eigenvalue weighted by Gasteiger charge is 2.26. The maximum Gasteiger partial charge on any atom is 0.472 e. The number of esters is 2. The summed E-state index contributed by atoms with van der Waals surface area (Å²) in [6.45, 7) is 4.25. The third kappa shape index (κ3) is 36.8. The zero-order valence-electron chi connectivity index (χ0n) is 32.9. The molecule has 2 atom stereocenters. The lowest BCUT2D eigenvalue weighted by atomic mass is 10.0. The van der Waals surface area contributed by atoms with E-state index in [4.69, 9.17) is 18.5 Å². The van der Waals surface area contributed by atoms with Gasteiger partial charge in [0.15, 0.2) is 6.10 Å². The number of phosphoric acid groups is 1. The number of likely N-dealkylation sites (N-methyl/N-ethyl adjacent to an activating group) is 1. The average molecular weight is 734 g/mol. The van der Waals surface area contributed by atoms with Crippen molar-refractivity contribution < 1.29 is 37.6 Å². The van der Waals surface area contributed by atoms with Gasteiger partial charge in [0.05, 0.1) is 13.2 Å². The molecule has 0 spiro atoms. The lowest BCUT2D eigenvalue weighted by Crippen LogP contribution is -2.29. The average Bonchev–Trinajstić information content (AvgIpc) is 3.09. The molecule has 0 saturated carbocycles. The number of hydrogen-bond donors (Lipinski definition) is 2. The lowest BCUT2D eigenvalue weighted by Gasteiger charge is -2.20. The van der Waals surface area contributed by atoms with E-state index < -0.39 is 26.5 Å². The van der Waals surface area contributed by atoms with Crippen LogP contribution < -0.4 is 5.32 Å². The van der Waals surface area contributed by atoms with Crippen molar-refractivity contribution >= 4 is 19.8 Å². The van der Waals surface area contributed by atoms with Crippen molar-refractivity contribution in [3.05, 3.63) is 0 Å². The van der Waals surface area contributed by atoms with Crippen LogP contribution in [0, 0.1) is 0 Å². The standard InChI is InChI=1S/C40H80NO8P/c1-4-6-8-10-12-14-16-18-19-21-23-25-27-29-31-33-40(43)49-38(37-48-50(44,45)47-35-34-41-3)36-46-39(42)32-30-28-26-24-22-20-17-15-13-11-9-7-5-2/h38,41H,4-37H2,1-3H3,(H,44,45). The quantitative estimate of drug-likeness (QED) is 0.0360. The third-order valence-electron chi connectivity index (χ3n) is 9.23. The Morgan fingerprint density at radius 2 is 0.900 bits per heavy atom. The molecule has 2 unspecified atom stereocenters. The predicted molar refractivity (Wildman–Crippen MR) is 206 cm³/mol. The Hall–Kier alpha value is -0.990. The van der Waals surface area contributed by atoms with Crippen LogP contribution in [0.15, 0.2) is 0 Å². The van der Waals surface area contributed by atoms with Crippen molar-refractivity contribution in [2.24, 2.45) is 0 Å². The molecule has 0 aliphatic rings. The zero-order chi connectivity index (χ0) is 36.8. The minimum absolute atomic E-state index is 0.0119. The second kappa shape index (κ2) is 37.8. The summed E-state index contributed by atoms with van der Waals surface area (Å²) in [7, 11) is -2.63. The molecule has 0 heterocycles. The zero-order valence-corrected chi connectivity index (χ0v) is 33.8. The Kier molecular flexibility index (Phi) is 37.0. The first-order valence-corrected chi connectivity index (χ1v) is 22.5. The summed E-state index contributed by atoms with van der Waals surface area (Å²) >= 11 is 0. The van der Waals surface area contributed by atoms with Gasteiger partial charge in [0, 0.05) is 19.4 Å². The van der Waals surface area contributed by atoms with Gasteiger partial charge in [0.1, 0.15) is 6.61 Å². The van der Waals surface area contributed by atoms with E-state index in [0.717, 1.165) is 38.5 Å². The van der Waals surface area contributed by atoms with E-state index in [1.807, 2.05) is 0 Å². The van der Waals surface area contributed by atoms with Crippen molar-refractivity contribution in [2.45, 2.75) is 213 Å². The van der Waals surface area contributed by atoms with Crippen LogP contribution in [0.25, 0.3) is 0 Å². The van der Waals surface area contributed by atoms with Gasteiger partial charge in [-0.15, -0.1) is 0 Å². The number of unbranched alkanes of at least 4 members (excludes halogenated alkanes) is 26. The Morgan fingerprint density at radius 1 is 0.540 bits per heavy atom. The van der Waals surface area contributed by atoms with E-state index in [1.165, 1.54) is 141 Å². The van der Waals surface area contributed by atoms with Gasteiger partial charge >= 0.3 is 19.8 Å². The van der Waals surface area contributed by atoms with Gasteiger partial charge in [0.25, 0.3) is 0 Å². The molecule has 0 aliphatic carbocycles. The molecule has 0 aromatic rings. The number of carbonyl (C=O) groups is 2. The first-order chi connectivity index (χ1) is 24.3. The molecule has 0 amide bonds. The first-order valence-electron chi connectivity index (χ1n) is 21.0. The van der Waals surface area contributed by atoms with Crippen LogP contribution in [-0.4, -0.2) is 56.3 Å². The van der Waals surface area contributed by atoms with Crippen LogP contribution in [0.1, 0.15) is 206 Å². The Labute approximate surface area is 308 Å². The monoisotopic (exact) mass is 734 g/mol. The number of ether oxygens (including phenoxy) is 2. The normalized spacial score (nSPS) is 13.3. The Morgan fingerprint density at radius 3 is 1.28 bits per heavy atom. The van der Waals surface area contributed by atoms with Crippen LogP contribution >= 0.6 is 7.82 Å². The van der Waals surface area contributed by atoms with Gasteiger partial charge in [-0.25, -0.2) is 4.57 Å². The number of phosphoric ester groups is 1. The molecule has 50 heavy (non-hydrogen) atoms. The fourth-order valence-corrected chi connectivity index (χ4v) is 6.78. The van der Waals surface area contributed by atoms with Crippen LogP contribution in [0.5, 0.6) is 0 Å². The predicted octanol–water partition coefficient (Wildman–Crippen LogP) is 11.5. The summed E-state index contributed by atoms with van der Waals surface area (Å²) in [5.41, 5.74) is 0. The molecule has 0 fully saturated rings. The van der Waals surface area contributed by atoms with E-state index >= 15 is 0 Å². The maximum absolute atomic E-state index is 12.6. The van der Waals surface area contributed by atoms with E-state index in [9.17, 15) is 19.0 Å². The van der Waals surface area contributed by atoms with Crippen molar-refractivity contribution in [2.75, 3.05) is 33.4 Å². The fraction of sp³-hybridized carbons (Fsp3) is 0.950. The van der Waals surface area contributed by atoms with Crippen molar-refractivity contribution in [3.8, 4) is 0 Å². The molecule has 298 valence electrons. The highest BCUT2D eigenvalue weighted by molar-refractivity contribution is 7.47. The molecule has 0 radical (unpaired) electrons. The first kappa shape index (κ1) is 49.0. The van der Waals surface area contributed by atoms with Crippen LogP contribution in [-0.2, 0) is 32.7 Å². The molecular formula is C40H80NO8P. The van der Waals surface area contributed by atoms with Gasteiger partial charge in [0.2, 0.25) is 0 Å². The molecule has 0 bridgehead atoms. The molecule has 0 aliphatic heterocycles. The highest BCUT2D eigenvalue weighted by atomic mass is 31.2. The maximum atomic E-state index is 12.6. The second-order valence-corrected chi connectivity index (χ2v) is 15.6. The van der Waals surface area contributed by atoms with E-state index in [-0.39, 0.29) is 25.6 Å². The minimum Gasteiger partial charge on any atom is -0.462 e. The summed E-state index contributed by atoms with van der Waals surface area (Å²) in [4.78, 5) is 35.0. The molecule has 0 saturated heterocycles. The van der Waals surface area contributed by atoms with Crippen molar-refractivity contribution in [3.63, 3.8) is 0 Å². The van der Waals surface area contributed by atoms with Gasteiger partial charge in [-0.3, -0.25) is 18.6 Å². The molecule has 10 heteroatoms. The Balaban J connectivity index is 4.20. The smallest absolute Gasteiger partial charge is 0.462 e. The minimum atomic E-state index is -4.34.